The average Bonchev–Trinajstić information content (AvgIpc) is 2.68. The topological polar surface area (TPSA) is 72.8 Å². The summed E-state index contributed by atoms with van der Waals surface area (Å²) in [5, 5.41) is 4.65. The van der Waals surface area contributed by atoms with Crippen LogP contribution in [0.3, 0.4) is 0 Å². The summed E-state index contributed by atoms with van der Waals surface area (Å²) in [5.74, 6) is 1.29. The van der Waals surface area contributed by atoms with E-state index in [1.807, 2.05) is 36.4 Å². The number of rotatable bonds is 5. The number of fused-ring (bicyclic) bond motifs is 1. The van der Waals surface area contributed by atoms with Crippen molar-refractivity contribution in [1.29, 1.82) is 0 Å². The fraction of sp³-hybridized carbons (Fsp3) is 0.0526. The summed E-state index contributed by atoms with van der Waals surface area (Å²) in [6.45, 7) is 0.358. The molecule has 0 bridgehead atoms. The summed E-state index contributed by atoms with van der Waals surface area (Å²) in [6, 6.07) is 13.0. The van der Waals surface area contributed by atoms with Crippen molar-refractivity contribution in [3.05, 3.63) is 78.1 Å². The monoisotopic (exact) mass is 363 g/mol. The molecule has 0 radical (unpaired) electrons. The Morgan fingerprint density at radius 1 is 1.00 bits per heavy atom. The summed E-state index contributed by atoms with van der Waals surface area (Å²) in [6.07, 6.45) is 6.63. The number of nitrogens with zero attached hydrogens (tertiary/aromatic N) is 4. The minimum absolute atomic E-state index is 0.358. The molecule has 0 fully saturated rings. The third kappa shape index (κ3) is 3.55. The predicted molar refractivity (Wildman–Crippen MR) is 101 cm³/mol. The molecule has 1 N–H and O–H groups in total. The highest BCUT2D eigenvalue weighted by molar-refractivity contribution is 6.32. The molecule has 1 aromatic carbocycles. The van der Waals surface area contributed by atoms with E-state index in [1.165, 1.54) is 6.33 Å². The van der Waals surface area contributed by atoms with Gasteiger partial charge in [-0.15, -0.1) is 0 Å². The average molecular weight is 364 g/mol. The molecule has 4 rings (SSSR count). The van der Waals surface area contributed by atoms with Crippen LogP contribution in [0.25, 0.3) is 10.9 Å². The molecule has 0 spiro atoms. The molecule has 26 heavy (non-hydrogen) atoms. The lowest BCUT2D eigenvalue weighted by molar-refractivity contribution is 0.301. The molecule has 7 heteroatoms. The number of aromatic nitrogens is 4. The third-order valence-corrected chi connectivity index (χ3v) is 4.03. The highest BCUT2D eigenvalue weighted by Crippen LogP contribution is 2.30. The van der Waals surface area contributed by atoms with E-state index >= 15 is 0 Å². The fourth-order valence-electron chi connectivity index (χ4n) is 2.47. The summed E-state index contributed by atoms with van der Waals surface area (Å²) in [4.78, 5) is 16.8. The molecule has 0 atom stereocenters. The maximum absolute atomic E-state index is 6.35. The Labute approximate surface area is 154 Å². The van der Waals surface area contributed by atoms with Crippen LogP contribution in [0.15, 0.2) is 67.4 Å². The summed E-state index contributed by atoms with van der Waals surface area (Å²) in [5.41, 5.74) is 2.41. The second kappa shape index (κ2) is 7.33. The molecular weight excluding hydrogens is 350 g/mol. The Kier molecular flexibility index (Phi) is 4.57. The Morgan fingerprint density at radius 3 is 2.81 bits per heavy atom. The molecule has 0 amide bonds. The van der Waals surface area contributed by atoms with E-state index in [4.69, 9.17) is 16.3 Å². The van der Waals surface area contributed by atoms with Gasteiger partial charge in [0, 0.05) is 23.5 Å². The predicted octanol–water partition coefficient (Wildman–Crippen LogP) is 4.40. The first-order chi connectivity index (χ1) is 12.8. The molecule has 3 heterocycles. The Balaban J connectivity index is 1.52. The highest BCUT2D eigenvalue weighted by atomic mass is 35.5. The SMILES string of the molecule is Clc1cc(Nc2ncnc3cnccc23)ccc1OCc1ccccn1. The van der Waals surface area contributed by atoms with Crippen molar-refractivity contribution in [3.8, 4) is 5.75 Å². The molecule has 0 saturated carbocycles. The van der Waals surface area contributed by atoms with Crippen molar-refractivity contribution >= 4 is 34.0 Å². The van der Waals surface area contributed by atoms with Crippen molar-refractivity contribution in [3.63, 3.8) is 0 Å². The van der Waals surface area contributed by atoms with Crippen molar-refractivity contribution in [2.45, 2.75) is 6.61 Å². The zero-order chi connectivity index (χ0) is 17.8. The molecule has 3 aromatic heterocycles. The van der Waals surface area contributed by atoms with Gasteiger partial charge in [0.1, 0.15) is 24.5 Å². The smallest absolute Gasteiger partial charge is 0.141 e. The van der Waals surface area contributed by atoms with E-state index in [0.29, 0.717) is 23.2 Å². The van der Waals surface area contributed by atoms with Gasteiger partial charge in [0.05, 0.1) is 22.4 Å². The van der Waals surface area contributed by atoms with E-state index in [-0.39, 0.29) is 0 Å². The maximum atomic E-state index is 6.35. The molecule has 0 aliphatic rings. The maximum Gasteiger partial charge on any atom is 0.141 e. The number of benzene rings is 1. The van der Waals surface area contributed by atoms with Crippen LogP contribution in [-0.4, -0.2) is 19.9 Å². The van der Waals surface area contributed by atoms with Crippen LogP contribution in [0, 0.1) is 0 Å². The van der Waals surface area contributed by atoms with Crippen molar-refractivity contribution in [1.82, 2.24) is 19.9 Å². The van der Waals surface area contributed by atoms with Crippen LogP contribution < -0.4 is 10.1 Å². The van der Waals surface area contributed by atoms with Gasteiger partial charge in [0.15, 0.2) is 0 Å². The molecule has 0 aliphatic heterocycles. The number of halogens is 1. The van der Waals surface area contributed by atoms with Crippen molar-refractivity contribution < 1.29 is 4.74 Å². The third-order valence-electron chi connectivity index (χ3n) is 3.74. The lowest BCUT2D eigenvalue weighted by Gasteiger charge is -2.11. The van der Waals surface area contributed by atoms with Gasteiger partial charge in [0.25, 0.3) is 0 Å². The molecule has 4 aromatic rings. The fourth-order valence-corrected chi connectivity index (χ4v) is 2.71. The Hall–Kier alpha value is -3.25. The summed E-state index contributed by atoms with van der Waals surface area (Å²) < 4.78 is 5.74. The Morgan fingerprint density at radius 2 is 1.96 bits per heavy atom. The van der Waals surface area contributed by atoms with Crippen LogP contribution >= 0.6 is 11.6 Å². The molecular formula is C19H14ClN5O. The first kappa shape index (κ1) is 16.2. The molecule has 0 aliphatic carbocycles. The van der Waals surface area contributed by atoms with E-state index in [9.17, 15) is 0 Å². The van der Waals surface area contributed by atoms with E-state index in [1.54, 1.807) is 24.7 Å². The van der Waals surface area contributed by atoms with Crippen molar-refractivity contribution in [2.75, 3.05) is 5.32 Å². The highest BCUT2D eigenvalue weighted by Gasteiger charge is 2.07. The van der Waals surface area contributed by atoms with Gasteiger partial charge in [-0.05, 0) is 36.4 Å². The molecule has 0 saturated heterocycles. The second-order valence-electron chi connectivity index (χ2n) is 5.50. The number of nitrogens with one attached hydrogen (secondary N) is 1. The number of anilines is 2. The molecule has 0 unspecified atom stereocenters. The largest absolute Gasteiger partial charge is 0.486 e. The van der Waals surface area contributed by atoms with Gasteiger partial charge in [-0.1, -0.05) is 17.7 Å². The van der Waals surface area contributed by atoms with Crippen LogP contribution in [0.5, 0.6) is 5.75 Å². The Bertz CT molecular complexity index is 1040. The number of hydrogen-bond acceptors (Lipinski definition) is 6. The first-order valence-corrected chi connectivity index (χ1v) is 8.31. The zero-order valence-corrected chi connectivity index (χ0v) is 14.4. The van der Waals surface area contributed by atoms with Gasteiger partial charge < -0.3 is 10.1 Å². The number of ether oxygens (including phenoxy) is 1. The van der Waals surface area contributed by atoms with Gasteiger partial charge >= 0.3 is 0 Å². The molecule has 6 nitrogen and oxygen atoms in total. The van der Waals surface area contributed by atoms with E-state index in [2.05, 4.69) is 25.3 Å². The van der Waals surface area contributed by atoms with Gasteiger partial charge in [0.2, 0.25) is 0 Å². The zero-order valence-electron chi connectivity index (χ0n) is 13.6. The van der Waals surface area contributed by atoms with Crippen LogP contribution in [0.1, 0.15) is 5.69 Å². The van der Waals surface area contributed by atoms with E-state index in [0.717, 1.165) is 22.3 Å². The van der Waals surface area contributed by atoms with Gasteiger partial charge in [-0.25, -0.2) is 9.97 Å². The lowest BCUT2D eigenvalue weighted by Crippen LogP contribution is -1.99. The first-order valence-electron chi connectivity index (χ1n) is 7.93. The van der Waals surface area contributed by atoms with Crippen LogP contribution in [0.4, 0.5) is 11.5 Å². The van der Waals surface area contributed by atoms with Crippen LogP contribution in [0.2, 0.25) is 5.02 Å². The number of pyridine rings is 2. The van der Waals surface area contributed by atoms with Gasteiger partial charge in [-0.2, -0.15) is 0 Å². The summed E-state index contributed by atoms with van der Waals surface area (Å²) >= 11 is 6.35. The summed E-state index contributed by atoms with van der Waals surface area (Å²) in [7, 11) is 0. The quantitative estimate of drug-likeness (QED) is 0.566. The standard InChI is InChI=1S/C19H14ClN5O/c20-16-9-13(4-5-18(16)26-11-14-3-1-2-7-22-14)25-19-15-6-8-21-10-17(15)23-12-24-19/h1-10,12H,11H2,(H,23,24,25). The lowest BCUT2D eigenvalue weighted by atomic mass is 10.2. The van der Waals surface area contributed by atoms with Gasteiger partial charge in [-0.3, -0.25) is 9.97 Å². The van der Waals surface area contributed by atoms with E-state index < -0.39 is 0 Å². The van der Waals surface area contributed by atoms with Crippen LogP contribution in [-0.2, 0) is 6.61 Å². The second-order valence-corrected chi connectivity index (χ2v) is 5.90. The normalized spacial score (nSPS) is 10.7. The number of hydrogen-bond donors (Lipinski definition) is 1. The van der Waals surface area contributed by atoms with Crippen molar-refractivity contribution in [2.24, 2.45) is 0 Å². The minimum Gasteiger partial charge on any atom is -0.486 e. The molecule has 128 valence electrons. The minimum atomic E-state index is 0.358.